The average Bonchev–Trinajstić information content (AvgIpc) is 2.68. The number of carbonyl (C=O) groups is 1. The summed E-state index contributed by atoms with van der Waals surface area (Å²) in [4.78, 5) is 11.9. The third-order valence-electron chi connectivity index (χ3n) is 3.58. The summed E-state index contributed by atoms with van der Waals surface area (Å²) in [5.74, 6) is 1.22. The lowest BCUT2D eigenvalue weighted by atomic mass is 10.0. The molecule has 0 atom stereocenters. The summed E-state index contributed by atoms with van der Waals surface area (Å²) in [6.45, 7) is 4.88. The van der Waals surface area contributed by atoms with Gasteiger partial charge in [-0.05, 0) is 19.1 Å². The topological polar surface area (TPSA) is 68.8 Å². The van der Waals surface area contributed by atoms with Crippen molar-refractivity contribution in [1.29, 1.82) is 0 Å². The van der Waals surface area contributed by atoms with E-state index >= 15 is 0 Å². The molecule has 21 heavy (non-hydrogen) atoms. The number of carbonyl (C=O) groups excluding carboxylic acids is 1. The van der Waals surface area contributed by atoms with Crippen LogP contribution in [0.15, 0.2) is 18.2 Å². The predicted molar refractivity (Wildman–Crippen MR) is 77.9 cm³/mol. The molecule has 1 aromatic rings. The van der Waals surface area contributed by atoms with Crippen molar-refractivity contribution in [2.75, 3.05) is 38.2 Å². The second kappa shape index (κ2) is 5.91. The maximum absolute atomic E-state index is 11.9. The third-order valence-corrected chi connectivity index (χ3v) is 3.58. The fourth-order valence-electron chi connectivity index (χ4n) is 2.26. The fraction of sp³-hybridized carbons (Fsp3) is 0.533. The van der Waals surface area contributed by atoms with Crippen LogP contribution in [0, 0.1) is 0 Å². The summed E-state index contributed by atoms with van der Waals surface area (Å²) in [6.07, 6.45) is 0.858. The lowest BCUT2D eigenvalue weighted by Gasteiger charge is -2.38. The number of fused-ring (bicyclic) bond motifs is 1. The molecule has 2 N–H and O–H groups in total. The molecule has 3 rings (SSSR count). The van der Waals surface area contributed by atoms with Gasteiger partial charge in [-0.3, -0.25) is 4.79 Å². The van der Waals surface area contributed by atoms with Crippen molar-refractivity contribution in [3.05, 3.63) is 18.2 Å². The molecule has 2 heterocycles. The molecular formula is C15H20N2O4. The van der Waals surface area contributed by atoms with Crippen molar-refractivity contribution >= 4 is 11.6 Å². The van der Waals surface area contributed by atoms with Gasteiger partial charge in [0.2, 0.25) is 5.91 Å². The van der Waals surface area contributed by atoms with Gasteiger partial charge in [-0.25, -0.2) is 0 Å². The molecule has 2 aliphatic rings. The molecule has 6 heteroatoms. The van der Waals surface area contributed by atoms with Crippen LogP contribution in [0.25, 0.3) is 0 Å². The van der Waals surface area contributed by atoms with Crippen LogP contribution < -0.4 is 20.1 Å². The van der Waals surface area contributed by atoms with Gasteiger partial charge in [0, 0.05) is 31.3 Å². The van der Waals surface area contributed by atoms with E-state index in [0.717, 1.165) is 25.3 Å². The number of benzene rings is 1. The number of ether oxygens (including phenoxy) is 3. The number of nitrogens with one attached hydrogen (secondary N) is 2. The smallest absolute Gasteiger partial charge is 0.250 e. The largest absolute Gasteiger partial charge is 0.490 e. The zero-order valence-corrected chi connectivity index (χ0v) is 12.1. The highest BCUT2D eigenvalue weighted by atomic mass is 16.5. The normalized spacial score (nSPS) is 19.3. The van der Waals surface area contributed by atoms with Crippen LogP contribution >= 0.6 is 0 Å². The lowest BCUT2D eigenvalue weighted by molar-refractivity contribution is -0.130. The first kappa shape index (κ1) is 14.2. The standard InChI is InChI=1S/C15H20N2O4/c1-15(9-16-10-15)21-8-14(18)17-11-3-4-12-13(7-11)20-6-2-5-19-12/h3-4,7,16H,2,5-6,8-10H2,1H3,(H,17,18). The van der Waals surface area contributed by atoms with Crippen molar-refractivity contribution in [3.63, 3.8) is 0 Å². The van der Waals surface area contributed by atoms with Gasteiger partial charge in [0.25, 0.3) is 0 Å². The van der Waals surface area contributed by atoms with E-state index in [9.17, 15) is 4.79 Å². The molecule has 1 amide bonds. The van der Waals surface area contributed by atoms with Gasteiger partial charge in [0.05, 0.1) is 18.8 Å². The first-order valence-electron chi connectivity index (χ1n) is 7.19. The van der Waals surface area contributed by atoms with E-state index < -0.39 is 0 Å². The molecule has 0 aliphatic carbocycles. The van der Waals surface area contributed by atoms with Crippen molar-refractivity contribution in [3.8, 4) is 11.5 Å². The van der Waals surface area contributed by atoms with E-state index in [1.54, 1.807) is 12.1 Å². The second-order valence-corrected chi connectivity index (χ2v) is 5.60. The molecule has 2 aliphatic heterocycles. The highest BCUT2D eigenvalue weighted by Crippen LogP contribution is 2.32. The Morgan fingerprint density at radius 2 is 2.10 bits per heavy atom. The van der Waals surface area contributed by atoms with E-state index in [4.69, 9.17) is 14.2 Å². The SMILES string of the molecule is CC1(OCC(=O)Nc2ccc3c(c2)OCCCO3)CNC1. The first-order chi connectivity index (χ1) is 10.1. The Bertz CT molecular complexity index is 528. The zero-order valence-electron chi connectivity index (χ0n) is 12.1. The molecule has 0 saturated carbocycles. The van der Waals surface area contributed by atoms with Gasteiger partial charge in [0.15, 0.2) is 11.5 Å². The first-order valence-corrected chi connectivity index (χ1v) is 7.19. The van der Waals surface area contributed by atoms with Gasteiger partial charge in [-0.2, -0.15) is 0 Å². The van der Waals surface area contributed by atoms with E-state index in [2.05, 4.69) is 10.6 Å². The number of anilines is 1. The van der Waals surface area contributed by atoms with Crippen molar-refractivity contribution in [2.45, 2.75) is 18.9 Å². The molecule has 0 bridgehead atoms. The Kier molecular flexibility index (Phi) is 3.98. The summed E-state index contributed by atoms with van der Waals surface area (Å²) < 4.78 is 16.8. The Morgan fingerprint density at radius 3 is 2.81 bits per heavy atom. The molecule has 0 aromatic heterocycles. The molecule has 1 saturated heterocycles. The number of hydrogen-bond donors (Lipinski definition) is 2. The van der Waals surface area contributed by atoms with Crippen LogP contribution in [0.4, 0.5) is 5.69 Å². The van der Waals surface area contributed by atoms with E-state index in [1.807, 2.05) is 13.0 Å². The van der Waals surface area contributed by atoms with Gasteiger partial charge in [0.1, 0.15) is 6.61 Å². The highest BCUT2D eigenvalue weighted by molar-refractivity contribution is 5.92. The molecule has 0 spiro atoms. The molecular weight excluding hydrogens is 272 g/mol. The zero-order chi connectivity index (χ0) is 14.7. The van der Waals surface area contributed by atoms with Crippen LogP contribution in [0.3, 0.4) is 0 Å². The van der Waals surface area contributed by atoms with E-state index in [-0.39, 0.29) is 18.1 Å². The van der Waals surface area contributed by atoms with Crippen LogP contribution in [0.2, 0.25) is 0 Å². The molecule has 1 fully saturated rings. The Hall–Kier alpha value is -1.79. The van der Waals surface area contributed by atoms with Crippen LogP contribution in [-0.4, -0.2) is 44.4 Å². The van der Waals surface area contributed by atoms with Gasteiger partial charge in [-0.1, -0.05) is 0 Å². The molecule has 6 nitrogen and oxygen atoms in total. The van der Waals surface area contributed by atoms with E-state index in [0.29, 0.717) is 24.7 Å². The van der Waals surface area contributed by atoms with Crippen LogP contribution in [0.1, 0.15) is 13.3 Å². The lowest BCUT2D eigenvalue weighted by Crippen LogP contribution is -2.59. The summed E-state index contributed by atoms with van der Waals surface area (Å²) in [5.41, 5.74) is 0.465. The van der Waals surface area contributed by atoms with Gasteiger partial charge in [-0.15, -0.1) is 0 Å². The van der Waals surface area contributed by atoms with E-state index in [1.165, 1.54) is 0 Å². The van der Waals surface area contributed by atoms with Crippen LogP contribution in [0.5, 0.6) is 11.5 Å². The number of hydrogen-bond acceptors (Lipinski definition) is 5. The minimum atomic E-state index is -0.220. The summed E-state index contributed by atoms with van der Waals surface area (Å²) in [7, 11) is 0. The quantitative estimate of drug-likeness (QED) is 0.872. The average molecular weight is 292 g/mol. The van der Waals surface area contributed by atoms with Crippen LogP contribution in [-0.2, 0) is 9.53 Å². The number of rotatable bonds is 4. The fourth-order valence-corrected chi connectivity index (χ4v) is 2.26. The van der Waals surface area contributed by atoms with Gasteiger partial charge >= 0.3 is 0 Å². The monoisotopic (exact) mass is 292 g/mol. The minimum absolute atomic E-state index is 0.0482. The van der Waals surface area contributed by atoms with Crippen molar-refractivity contribution in [2.24, 2.45) is 0 Å². The third kappa shape index (κ3) is 3.46. The Labute approximate surface area is 123 Å². The maximum atomic E-state index is 11.9. The predicted octanol–water partition coefficient (Wildman–Crippen LogP) is 1.16. The molecule has 1 aromatic carbocycles. The summed E-state index contributed by atoms with van der Waals surface area (Å²) in [6, 6.07) is 5.40. The van der Waals surface area contributed by atoms with Crippen molar-refractivity contribution < 1.29 is 19.0 Å². The Balaban J connectivity index is 1.57. The summed E-state index contributed by atoms with van der Waals surface area (Å²) >= 11 is 0. The highest BCUT2D eigenvalue weighted by Gasteiger charge is 2.33. The van der Waals surface area contributed by atoms with Crippen molar-refractivity contribution in [1.82, 2.24) is 5.32 Å². The number of amides is 1. The molecule has 0 unspecified atom stereocenters. The second-order valence-electron chi connectivity index (χ2n) is 5.60. The van der Waals surface area contributed by atoms with Gasteiger partial charge < -0.3 is 24.8 Å². The minimum Gasteiger partial charge on any atom is -0.490 e. The Morgan fingerprint density at radius 1 is 1.33 bits per heavy atom. The summed E-state index contributed by atoms with van der Waals surface area (Å²) in [5, 5.41) is 5.94. The molecule has 0 radical (unpaired) electrons. The molecule has 114 valence electrons. The maximum Gasteiger partial charge on any atom is 0.250 e.